The third-order valence-electron chi connectivity index (χ3n) is 2.82. The van der Waals surface area contributed by atoms with E-state index in [9.17, 15) is 5.11 Å². The zero-order valence-corrected chi connectivity index (χ0v) is 9.64. The van der Waals surface area contributed by atoms with Gasteiger partial charge in [-0.2, -0.15) is 0 Å². The van der Waals surface area contributed by atoms with Crippen molar-refractivity contribution in [2.24, 2.45) is 0 Å². The molecule has 1 saturated heterocycles. The molecule has 3 nitrogen and oxygen atoms in total. The van der Waals surface area contributed by atoms with Crippen molar-refractivity contribution in [1.29, 1.82) is 0 Å². The Labute approximate surface area is 88.4 Å². The molecule has 0 amide bonds. The molecule has 1 aliphatic rings. The van der Waals surface area contributed by atoms with E-state index in [0.29, 0.717) is 6.04 Å². The van der Waals surface area contributed by atoms with Crippen molar-refractivity contribution < 1.29 is 5.11 Å². The van der Waals surface area contributed by atoms with Gasteiger partial charge in [0.05, 0.1) is 11.8 Å². The number of hydrogen-bond donors (Lipinski definition) is 1. The largest absolute Gasteiger partial charge is 0.391 e. The second kappa shape index (κ2) is 3.51. The second-order valence-electron chi connectivity index (χ2n) is 4.03. The molecule has 4 heteroatoms. The van der Waals surface area contributed by atoms with Crippen LogP contribution in [0.5, 0.6) is 0 Å². The van der Waals surface area contributed by atoms with Crippen LogP contribution in [0.4, 0.5) is 5.13 Å². The van der Waals surface area contributed by atoms with Crippen LogP contribution in [0.2, 0.25) is 0 Å². The number of aryl methyl sites for hydroxylation is 2. The van der Waals surface area contributed by atoms with E-state index >= 15 is 0 Å². The molecule has 2 unspecified atom stereocenters. The Morgan fingerprint density at radius 1 is 1.50 bits per heavy atom. The molecule has 0 saturated carbocycles. The van der Waals surface area contributed by atoms with Crippen molar-refractivity contribution in [1.82, 2.24) is 4.98 Å². The van der Waals surface area contributed by atoms with E-state index in [1.54, 1.807) is 11.3 Å². The Balaban J connectivity index is 2.23. The molecule has 2 heterocycles. The smallest absolute Gasteiger partial charge is 0.186 e. The molecule has 1 aliphatic heterocycles. The number of nitrogens with zero attached hydrogens (tertiary/aromatic N) is 2. The molecular formula is C10H16N2OS. The number of anilines is 1. The molecule has 0 radical (unpaired) electrons. The van der Waals surface area contributed by atoms with E-state index < -0.39 is 0 Å². The van der Waals surface area contributed by atoms with E-state index in [4.69, 9.17) is 0 Å². The Bertz CT molecular complexity index is 317. The molecule has 0 bridgehead atoms. The van der Waals surface area contributed by atoms with E-state index in [0.717, 1.165) is 23.8 Å². The van der Waals surface area contributed by atoms with Gasteiger partial charge in [-0.05, 0) is 27.2 Å². The number of β-amino-alcohol motifs (C(OH)–C–C–N with tert-alkyl or cyclic N) is 1. The summed E-state index contributed by atoms with van der Waals surface area (Å²) in [6.07, 6.45) is 0.673. The first kappa shape index (κ1) is 9.93. The van der Waals surface area contributed by atoms with Crippen LogP contribution >= 0.6 is 11.3 Å². The fourth-order valence-electron chi connectivity index (χ4n) is 1.85. The van der Waals surface area contributed by atoms with E-state index in [1.165, 1.54) is 4.88 Å². The molecule has 1 aromatic rings. The highest BCUT2D eigenvalue weighted by atomic mass is 32.1. The fraction of sp³-hybridized carbons (Fsp3) is 0.700. The first-order chi connectivity index (χ1) is 6.58. The topological polar surface area (TPSA) is 36.4 Å². The van der Waals surface area contributed by atoms with Crippen LogP contribution in [0.15, 0.2) is 0 Å². The number of aliphatic hydroxyl groups excluding tert-OH is 1. The standard InChI is InChI=1S/C10H16N2OS/c1-6-4-9(13)5-12(6)10-11-7(2)8(3)14-10/h6,9,13H,4-5H2,1-3H3. The van der Waals surface area contributed by atoms with Crippen molar-refractivity contribution in [2.45, 2.75) is 39.3 Å². The summed E-state index contributed by atoms with van der Waals surface area (Å²) in [5.74, 6) is 0. The van der Waals surface area contributed by atoms with Gasteiger partial charge in [0, 0.05) is 17.5 Å². The average molecular weight is 212 g/mol. The maximum Gasteiger partial charge on any atom is 0.186 e. The second-order valence-corrected chi connectivity index (χ2v) is 5.21. The summed E-state index contributed by atoms with van der Waals surface area (Å²) in [5, 5.41) is 10.6. The van der Waals surface area contributed by atoms with Crippen molar-refractivity contribution in [3.8, 4) is 0 Å². The normalized spacial score (nSPS) is 27.3. The Morgan fingerprint density at radius 3 is 2.64 bits per heavy atom. The van der Waals surface area contributed by atoms with Gasteiger partial charge in [0.2, 0.25) is 0 Å². The predicted molar refractivity (Wildman–Crippen MR) is 59.0 cm³/mol. The third kappa shape index (κ3) is 1.64. The highest BCUT2D eigenvalue weighted by molar-refractivity contribution is 7.15. The molecule has 1 fully saturated rings. The number of aliphatic hydroxyl groups is 1. The van der Waals surface area contributed by atoms with Gasteiger partial charge in [0.15, 0.2) is 5.13 Å². The maximum absolute atomic E-state index is 9.54. The summed E-state index contributed by atoms with van der Waals surface area (Å²) in [4.78, 5) is 7.99. The molecular weight excluding hydrogens is 196 g/mol. The minimum atomic E-state index is -0.186. The zero-order chi connectivity index (χ0) is 10.3. The van der Waals surface area contributed by atoms with Gasteiger partial charge in [-0.3, -0.25) is 0 Å². The first-order valence-electron chi connectivity index (χ1n) is 4.96. The van der Waals surface area contributed by atoms with Gasteiger partial charge in [-0.1, -0.05) is 0 Å². The Kier molecular flexibility index (Phi) is 2.49. The lowest BCUT2D eigenvalue weighted by Gasteiger charge is -2.19. The minimum absolute atomic E-state index is 0.186. The molecule has 1 aromatic heterocycles. The van der Waals surface area contributed by atoms with Crippen LogP contribution in [-0.4, -0.2) is 28.8 Å². The maximum atomic E-state index is 9.54. The summed E-state index contributed by atoms with van der Waals surface area (Å²) in [7, 11) is 0. The summed E-state index contributed by atoms with van der Waals surface area (Å²) in [5.41, 5.74) is 1.11. The zero-order valence-electron chi connectivity index (χ0n) is 8.82. The minimum Gasteiger partial charge on any atom is -0.391 e. The SMILES string of the molecule is Cc1nc(N2CC(O)CC2C)sc1C. The molecule has 78 valence electrons. The third-order valence-corrected chi connectivity index (χ3v) is 3.93. The van der Waals surface area contributed by atoms with E-state index in [2.05, 4.69) is 23.7 Å². The molecule has 0 aromatic carbocycles. The van der Waals surface area contributed by atoms with Gasteiger partial charge in [-0.25, -0.2) is 4.98 Å². The van der Waals surface area contributed by atoms with Crippen molar-refractivity contribution >= 4 is 16.5 Å². The number of rotatable bonds is 1. The highest BCUT2D eigenvalue weighted by Crippen LogP contribution is 2.30. The van der Waals surface area contributed by atoms with Crippen molar-refractivity contribution in [2.75, 3.05) is 11.4 Å². The monoisotopic (exact) mass is 212 g/mol. The summed E-state index contributed by atoms with van der Waals surface area (Å²) >= 11 is 1.72. The van der Waals surface area contributed by atoms with Crippen LogP contribution in [0.25, 0.3) is 0 Å². The molecule has 2 rings (SSSR count). The molecule has 1 N–H and O–H groups in total. The van der Waals surface area contributed by atoms with Gasteiger partial charge in [-0.15, -0.1) is 11.3 Å². The van der Waals surface area contributed by atoms with Gasteiger partial charge < -0.3 is 10.0 Å². The number of thiazole rings is 1. The number of hydrogen-bond acceptors (Lipinski definition) is 4. The van der Waals surface area contributed by atoms with Crippen LogP contribution in [0, 0.1) is 13.8 Å². The van der Waals surface area contributed by atoms with Crippen LogP contribution in [0.3, 0.4) is 0 Å². The van der Waals surface area contributed by atoms with Gasteiger partial charge in [0.1, 0.15) is 0 Å². The predicted octanol–water partition coefficient (Wildman–Crippen LogP) is 1.72. The summed E-state index contributed by atoms with van der Waals surface area (Å²) in [6.45, 7) is 7.00. The Morgan fingerprint density at radius 2 is 2.21 bits per heavy atom. The lowest BCUT2D eigenvalue weighted by molar-refractivity contribution is 0.195. The molecule has 0 aliphatic carbocycles. The lowest BCUT2D eigenvalue weighted by Crippen LogP contribution is -2.27. The average Bonchev–Trinajstić information content (AvgIpc) is 2.57. The first-order valence-corrected chi connectivity index (χ1v) is 5.78. The van der Waals surface area contributed by atoms with Crippen LogP contribution < -0.4 is 4.90 Å². The molecule has 14 heavy (non-hydrogen) atoms. The fourth-order valence-corrected chi connectivity index (χ4v) is 2.87. The Hall–Kier alpha value is -0.610. The van der Waals surface area contributed by atoms with Gasteiger partial charge in [0.25, 0.3) is 0 Å². The molecule has 2 atom stereocenters. The van der Waals surface area contributed by atoms with Crippen molar-refractivity contribution in [3.05, 3.63) is 10.6 Å². The van der Waals surface area contributed by atoms with Crippen molar-refractivity contribution in [3.63, 3.8) is 0 Å². The van der Waals surface area contributed by atoms with E-state index in [-0.39, 0.29) is 6.10 Å². The van der Waals surface area contributed by atoms with Crippen LogP contribution in [-0.2, 0) is 0 Å². The lowest BCUT2D eigenvalue weighted by atomic mass is 10.2. The quantitative estimate of drug-likeness (QED) is 0.770. The molecule has 0 spiro atoms. The van der Waals surface area contributed by atoms with Crippen LogP contribution in [0.1, 0.15) is 23.9 Å². The highest BCUT2D eigenvalue weighted by Gasteiger charge is 2.29. The van der Waals surface area contributed by atoms with E-state index in [1.807, 2.05) is 6.92 Å². The summed E-state index contributed by atoms with van der Waals surface area (Å²) < 4.78 is 0. The van der Waals surface area contributed by atoms with Gasteiger partial charge >= 0.3 is 0 Å². The summed E-state index contributed by atoms with van der Waals surface area (Å²) in [6, 6.07) is 0.412. The number of aromatic nitrogens is 1.